The Labute approximate surface area is 106 Å². The van der Waals surface area contributed by atoms with Gasteiger partial charge in [-0.2, -0.15) is 0 Å². The molecule has 5 nitrogen and oxygen atoms in total. The first-order valence-corrected chi connectivity index (χ1v) is 7.40. The molecule has 0 aliphatic rings. The Hall–Kier alpha value is -1.66. The molecule has 1 unspecified atom stereocenters. The van der Waals surface area contributed by atoms with Gasteiger partial charge in [0.25, 0.3) is 0 Å². The number of rotatable bonds is 4. The van der Waals surface area contributed by atoms with Crippen LogP contribution in [0.3, 0.4) is 0 Å². The molecule has 1 atom stereocenters. The number of aromatic amines is 1. The molecule has 2 rings (SSSR count). The van der Waals surface area contributed by atoms with Crippen molar-refractivity contribution in [2.75, 3.05) is 6.26 Å². The Morgan fingerprint density at radius 1 is 1.33 bits per heavy atom. The molecule has 0 radical (unpaired) electrons. The number of hydrogen-bond acceptors (Lipinski definition) is 4. The number of benzene rings is 1. The third-order valence-electron chi connectivity index (χ3n) is 2.70. The minimum atomic E-state index is -3.15. The van der Waals surface area contributed by atoms with Crippen LogP contribution in [0.15, 0.2) is 41.6 Å². The van der Waals surface area contributed by atoms with Crippen LogP contribution in [0.4, 0.5) is 0 Å². The normalized spacial score (nSPS) is 13.4. The molecule has 0 saturated carbocycles. The zero-order valence-corrected chi connectivity index (χ0v) is 10.8. The molecule has 0 aliphatic carbocycles. The second kappa shape index (κ2) is 4.91. The van der Waals surface area contributed by atoms with E-state index in [4.69, 9.17) is 5.73 Å². The molecule has 6 heteroatoms. The van der Waals surface area contributed by atoms with Gasteiger partial charge < -0.3 is 10.7 Å². The summed E-state index contributed by atoms with van der Waals surface area (Å²) in [5.74, 6) is 0.815. The molecule has 0 aliphatic heterocycles. The number of hydrogen-bond donors (Lipinski definition) is 2. The number of imidazole rings is 1. The highest BCUT2D eigenvalue weighted by molar-refractivity contribution is 7.90. The van der Waals surface area contributed by atoms with Crippen LogP contribution in [0.25, 0.3) is 0 Å². The first-order valence-electron chi connectivity index (χ1n) is 5.50. The Kier molecular flexibility index (Phi) is 3.49. The molecule has 2 aromatic rings. The van der Waals surface area contributed by atoms with E-state index in [2.05, 4.69) is 9.97 Å². The molecule has 3 N–H and O–H groups in total. The van der Waals surface area contributed by atoms with Crippen LogP contribution in [0.2, 0.25) is 0 Å². The van der Waals surface area contributed by atoms with Crippen molar-refractivity contribution in [1.82, 2.24) is 9.97 Å². The fraction of sp³-hybridized carbons (Fsp3) is 0.250. The average Bonchev–Trinajstić information content (AvgIpc) is 2.81. The van der Waals surface area contributed by atoms with Gasteiger partial charge in [0.05, 0.1) is 4.90 Å². The Bertz CT molecular complexity index is 603. The van der Waals surface area contributed by atoms with Gasteiger partial charge in [-0.3, -0.25) is 0 Å². The molecule has 1 aromatic heterocycles. The molecule has 96 valence electrons. The van der Waals surface area contributed by atoms with Crippen molar-refractivity contribution in [3.8, 4) is 0 Å². The summed E-state index contributed by atoms with van der Waals surface area (Å²) in [6.07, 6.45) is 5.19. The van der Waals surface area contributed by atoms with Crippen LogP contribution in [-0.4, -0.2) is 24.6 Å². The number of nitrogens with one attached hydrogen (secondary N) is 1. The third-order valence-corrected chi connectivity index (χ3v) is 3.83. The molecular weight excluding hydrogens is 250 g/mol. The molecule has 0 bridgehead atoms. The van der Waals surface area contributed by atoms with Crippen molar-refractivity contribution >= 4 is 9.84 Å². The van der Waals surface area contributed by atoms with E-state index in [1.54, 1.807) is 36.7 Å². The Morgan fingerprint density at radius 3 is 2.50 bits per heavy atom. The van der Waals surface area contributed by atoms with Crippen LogP contribution in [0, 0.1) is 0 Å². The molecule has 1 heterocycles. The second-order valence-corrected chi connectivity index (χ2v) is 6.20. The van der Waals surface area contributed by atoms with Crippen LogP contribution >= 0.6 is 0 Å². The first kappa shape index (κ1) is 12.8. The third kappa shape index (κ3) is 2.96. The highest BCUT2D eigenvalue weighted by Gasteiger charge is 2.11. The summed E-state index contributed by atoms with van der Waals surface area (Å²) in [6.45, 7) is 0. The highest BCUT2D eigenvalue weighted by Crippen LogP contribution is 2.17. The van der Waals surface area contributed by atoms with E-state index in [1.165, 1.54) is 6.26 Å². The summed E-state index contributed by atoms with van der Waals surface area (Å²) in [4.78, 5) is 7.40. The van der Waals surface area contributed by atoms with Crippen molar-refractivity contribution in [2.24, 2.45) is 5.73 Å². The van der Waals surface area contributed by atoms with Gasteiger partial charge in [-0.25, -0.2) is 13.4 Å². The number of H-pyrrole nitrogens is 1. The fourth-order valence-electron chi connectivity index (χ4n) is 1.70. The maximum Gasteiger partial charge on any atom is 0.175 e. The summed E-state index contributed by atoms with van der Waals surface area (Å²) >= 11 is 0. The topological polar surface area (TPSA) is 88.8 Å². The van der Waals surface area contributed by atoms with Gasteiger partial charge in [0, 0.05) is 31.1 Å². The predicted molar refractivity (Wildman–Crippen MR) is 68.8 cm³/mol. The predicted octanol–water partition coefficient (Wildman–Crippen LogP) is 1.06. The van der Waals surface area contributed by atoms with Crippen LogP contribution in [0.1, 0.15) is 17.4 Å². The van der Waals surface area contributed by atoms with Crippen molar-refractivity contribution in [2.45, 2.75) is 17.4 Å². The second-order valence-electron chi connectivity index (χ2n) is 4.19. The monoisotopic (exact) mass is 265 g/mol. The number of nitrogens with two attached hydrogens (primary N) is 1. The number of nitrogens with zero attached hydrogens (tertiary/aromatic N) is 1. The van der Waals surface area contributed by atoms with Crippen molar-refractivity contribution in [3.63, 3.8) is 0 Å². The van der Waals surface area contributed by atoms with E-state index >= 15 is 0 Å². The van der Waals surface area contributed by atoms with E-state index in [1.807, 2.05) is 0 Å². The quantitative estimate of drug-likeness (QED) is 0.865. The Balaban J connectivity index is 2.14. The molecule has 18 heavy (non-hydrogen) atoms. The van der Waals surface area contributed by atoms with Gasteiger partial charge in [-0.05, 0) is 17.7 Å². The lowest BCUT2D eigenvalue weighted by Crippen LogP contribution is -2.14. The molecule has 0 fully saturated rings. The average molecular weight is 265 g/mol. The maximum atomic E-state index is 11.3. The summed E-state index contributed by atoms with van der Waals surface area (Å²) in [5, 5.41) is 0. The van der Waals surface area contributed by atoms with E-state index in [-0.39, 0.29) is 6.04 Å². The van der Waals surface area contributed by atoms with E-state index in [9.17, 15) is 8.42 Å². The lowest BCUT2D eigenvalue weighted by atomic mass is 10.0. The van der Waals surface area contributed by atoms with Gasteiger partial charge in [0.2, 0.25) is 0 Å². The van der Waals surface area contributed by atoms with Crippen molar-refractivity contribution in [3.05, 3.63) is 48.0 Å². The highest BCUT2D eigenvalue weighted by atomic mass is 32.2. The Morgan fingerprint density at radius 2 is 2.00 bits per heavy atom. The van der Waals surface area contributed by atoms with Gasteiger partial charge >= 0.3 is 0 Å². The summed E-state index contributed by atoms with van der Waals surface area (Å²) in [7, 11) is -3.15. The van der Waals surface area contributed by atoms with Gasteiger partial charge in [-0.1, -0.05) is 12.1 Å². The first-order chi connectivity index (χ1) is 8.47. The minimum absolute atomic E-state index is 0.204. The standard InChI is InChI=1S/C12H15N3O2S/c1-18(16,17)10-4-2-9(3-5-10)11(13)8-12-14-6-7-15-12/h2-7,11H,8,13H2,1H3,(H,14,15). The van der Waals surface area contributed by atoms with E-state index in [0.717, 1.165) is 11.4 Å². The SMILES string of the molecule is CS(=O)(=O)c1ccc(C(N)Cc2ncc[nH]2)cc1. The molecule has 1 aromatic carbocycles. The van der Waals surface area contributed by atoms with Crippen LogP contribution < -0.4 is 5.73 Å². The largest absolute Gasteiger partial charge is 0.349 e. The summed E-state index contributed by atoms with van der Waals surface area (Å²) < 4.78 is 22.6. The minimum Gasteiger partial charge on any atom is -0.349 e. The summed E-state index contributed by atoms with van der Waals surface area (Å²) in [6, 6.07) is 6.43. The fourth-order valence-corrected chi connectivity index (χ4v) is 2.33. The number of aromatic nitrogens is 2. The lowest BCUT2D eigenvalue weighted by Gasteiger charge is -2.10. The molecule has 0 saturated heterocycles. The van der Waals surface area contributed by atoms with Gasteiger partial charge in [-0.15, -0.1) is 0 Å². The van der Waals surface area contributed by atoms with Gasteiger partial charge in [0.15, 0.2) is 9.84 Å². The maximum absolute atomic E-state index is 11.3. The van der Waals surface area contributed by atoms with E-state index < -0.39 is 9.84 Å². The van der Waals surface area contributed by atoms with E-state index in [0.29, 0.717) is 11.3 Å². The zero-order chi connectivity index (χ0) is 13.2. The molecule has 0 amide bonds. The number of sulfone groups is 1. The van der Waals surface area contributed by atoms with Crippen molar-refractivity contribution < 1.29 is 8.42 Å². The smallest absolute Gasteiger partial charge is 0.175 e. The van der Waals surface area contributed by atoms with Crippen LogP contribution in [0.5, 0.6) is 0 Å². The van der Waals surface area contributed by atoms with Gasteiger partial charge in [0.1, 0.15) is 5.82 Å². The molecule has 0 spiro atoms. The van der Waals surface area contributed by atoms with Crippen molar-refractivity contribution in [1.29, 1.82) is 0 Å². The van der Waals surface area contributed by atoms with Crippen LogP contribution in [-0.2, 0) is 16.3 Å². The lowest BCUT2D eigenvalue weighted by molar-refractivity contribution is 0.601. The zero-order valence-electron chi connectivity index (χ0n) is 10.00. The molecular formula is C12H15N3O2S. The summed E-state index contributed by atoms with van der Waals surface area (Å²) in [5.41, 5.74) is 6.92.